The van der Waals surface area contributed by atoms with Gasteiger partial charge in [-0.2, -0.15) is 4.39 Å². The number of nitrogens with two attached hydrogens (primary N) is 1. The zero-order valence-electron chi connectivity index (χ0n) is 15.3. The van der Waals surface area contributed by atoms with Gasteiger partial charge in [-0.15, -0.1) is 0 Å². The molecule has 2 N–H and O–H groups in total. The molecular formula is C21H16F2N4O2. The maximum Gasteiger partial charge on any atom is 0.220 e. The van der Waals surface area contributed by atoms with Crippen LogP contribution < -0.4 is 10.5 Å². The number of hydrogen-bond acceptors (Lipinski definition) is 4. The monoisotopic (exact) mass is 394 g/mol. The number of benzene rings is 2. The highest BCUT2D eigenvalue weighted by Gasteiger charge is 2.29. The Balaban J connectivity index is 1.90. The number of hydrogen-bond donors (Lipinski definition) is 1. The van der Waals surface area contributed by atoms with Gasteiger partial charge in [-0.3, -0.25) is 9.69 Å². The Kier molecular flexibility index (Phi) is 4.67. The molecule has 6 nitrogen and oxygen atoms in total. The third-order valence-corrected chi connectivity index (χ3v) is 4.64. The van der Waals surface area contributed by atoms with Crippen LogP contribution in [0.2, 0.25) is 0 Å². The van der Waals surface area contributed by atoms with Crippen LogP contribution in [0, 0.1) is 11.8 Å². The van der Waals surface area contributed by atoms with Gasteiger partial charge in [0.1, 0.15) is 23.4 Å². The Morgan fingerprint density at radius 2 is 1.90 bits per heavy atom. The van der Waals surface area contributed by atoms with E-state index >= 15 is 0 Å². The number of ether oxygens (including phenoxy) is 1. The van der Waals surface area contributed by atoms with Gasteiger partial charge in [0.2, 0.25) is 12.4 Å². The van der Waals surface area contributed by atoms with Crippen LogP contribution >= 0.6 is 0 Å². The lowest BCUT2D eigenvalue weighted by molar-refractivity contribution is -0.114. The van der Waals surface area contributed by atoms with Gasteiger partial charge in [-0.25, -0.2) is 14.4 Å². The van der Waals surface area contributed by atoms with Gasteiger partial charge in [-0.1, -0.05) is 6.07 Å². The molecule has 29 heavy (non-hydrogen) atoms. The number of carbonyl (C=O) groups excluding carboxylic acids is 1. The van der Waals surface area contributed by atoms with Gasteiger partial charge in [0, 0.05) is 29.9 Å². The first-order valence-electron chi connectivity index (χ1n) is 8.71. The topological polar surface area (TPSA) is 80.8 Å². The van der Waals surface area contributed by atoms with E-state index in [0.29, 0.717) is 40.2 Å². The number of aromatic nitrogens is 1. The van der Waals surface area contributed by atoms with E-state index in [1.165, 1.54) is 31.4 Å². The summed E-state index contributed by atoms with van der Waals surface area (Å²) in [5.41, 5.74) is 7.80. The summed E-state index contributed by atoms with van der Waals surface area (Å²) in [6, 6.07) is 11.7. The second-order valence-electron chi connectivity index (χ2n) is 6.48. The Morgan fingerprint density at radius 3 is 2.62 bits per heavy atom. The van der Waals surface area contributed by atoms with Crippen molar-refractivity contribution in [3.63, 3.8) is 0 Å². The molecule has 2 aromatic carbocycles. The highest BCUT2D eigenvalue weighted by molar-refractivity contribution is 5.87. The van der Waals surface area contributed by atoms with Crippen LogP contribution in [0.3, 0.4) is 0 Å². The third kappa shape index (κ3) is 3.40. The molecule has 4 rings (SSSR count). The van der Waals surface area contributed by atoms with E-state index in [2.05, 4.69) is 9.98 Å². The zero-order valence-corrected chi connectivity index (χ0v) is 15.3. The molecule has 8 heteroatoms. The quantitative estimate of drug-likeness (QED) is 0.318. The molecule has 0 saturated carbocycles. The van der Waals surface area contributed by atoms with Crippen molar-refractivity contribution in [2.75, 3.05) is 7.05 Å². The molecule has 1 unspecified atom stereocenters. The smallest absolute Gasteiger partial charge is 0.220 e. The van der Waals surface area contributed by atoms with Crippen molar-refractivity contribution in [3.05, 3.63) is 77.6 Å². The molecule has 3 aromatic rings. The van der Waals surface area contributed by atoms with Gasteiger partial charge in [-0.05, 0) is 48.0 Å². The Hall–Kier alpha value is -3.81. The summed E-state index contributed by atoms with van der Waals surface area (Å²) in [5, 5.41) is 0. The fraction of sp³-hybridized carbons (Fsp3) is 0.0952. The van der Waals surface area contributed by atoms with Crippen molar-refractivity contribution >= 4 is 12.4 Å². The summed E-state index contributed by atoms with van der Waals surface area (Å²) in [6.45, 7) is 0. The normalized spacial score (nSPS) is 15.1. The fourth-order valence-electron chi connectivity index (χ4n) is 3.15. The third-order valence-electron chi connectivity index (χ3n) is 4.64. The molecule has 1 amide bonds. The van der Waals surface area contributed by atoms with Crippen LogP contribution in [-0.4, -0.2) is 29.3 Å². The molecule has 146 valence electrons. The molecule has 1 aromatic heterocycles. The minimum Gasteiger partial charge on any atom is -0.457 e. The van der Waals surface area contributed by atoms with E-state index in [1.807, 2.05) is 0 Å². The zero-order chi connectivity index (χ0) is 20.5. The summed E-state index contributed by atoms with van der Waals surface area (Å²) in [7, 11) is 1.46. The summed E-state index contributed by atoms with van der Waals surface area (Å²) in [6.07, 6.45) is 1.88. The van der Waals surface area contributed by atoms with Crippen LogP contribution in [0.15, 0.2) is 59.7 Å². The average molecular weight is 394 g/mol. The van der Waals surface area contributed by atoms with Crippen LogP contribution in [0.25, 0.3) is 11.1 Å². The predicted octanol–water partition coefficient (Wildman–Crippen LogP) is 3.62. The molecule has 0 fully saturated rings. The number of guanidine groups is 1. The molecular weight excluding hydrogens is 378 g/mol. The van der Waals surface area contributed by atoms with E-state index in [1.54, 1.807) is 30.3 Å². The number of halogens is 2. The SMILES string of the molecule is CN(C=O)/C(N)=N\C1c2cc(F)ccc2Oc2ccc(-c3cccnc3F)cc21. The van der Waals surface area contributed by atoms with Gasteiger partial charge in [0.05, 0.1) is 0 Å². The number of carbonyl (C=O) groups is 1. The number of nitrogens with zero attached hydrogens (tertiary/aromatic N) is 3. The first kappa shape index (κ1) is 18.5. The van der Waals surface area contributed by atoms with E-state index in [9.17, 15) is 13.6 Å². The van der Waals surface area contributed by atoms with Crippen molar-refractivity contribution in [1.82, 2.24) is 9.88 Å². The predicted molar refractivity (Wildman–Crippen MR) is 103 cm³/mol. The lowest BCUT2D eigenvalue weighted by Crippen LogP contribution is -2.33. The number of amides is 1. The lowest BCUT2D eigenvalue weighted by Gasteiger charge is -2.27. The molecule has 0 aliphatic carbocycles. The minimum absolute atomic E-state index is 0.0500. The van der Waals surface area contributed by atoms with Crippen molar-refractivity contribution in [2.24, 2.45) is 10.7 Å². The summed E-state index contributed by atoms with van der Waals surface area (Å²) < 4.78 is 34.0. The van der Waals surface area contributed by atoms with Crippen LogP contribution in [0.5, 0.6) is 11.5 Å². The van der Waals surface area contributed by atoms with Crippen LogP contribution in [0.1, 0.15) is 17.2 Å². The number of fused-ring (bicyclic) bond motifs is 2. The molecule has 0 bridgehead atoms. The highest BCUT2D eigenvalue weighted by Crippen LogP contribution is 2.46. The minimum atomic E-state index is -0.744. The molecule has 0 spiro atoms. The highest BCUT2D eigenvalue weighted by atomic mass is 19.1. The Bertz CT molecular complexity index is 1130. The van der Waals surface area contributed by atoms with Gasteiger partial charge < -0.3 is 10.5 Å². The number of rotatable bonds is 3. The van der Waals surface area contributed by atoms with Gasteiger partial charge >= 0.3 is 0 Å². The Labute approximate surface area is 165 Å². The van der Waals surface area contributed by atoms with Crippen molar-refractivity contribution in [2.45, 2.75) is 6.04 Å². The lowest BCUT2D eigenvalue weighted by atomic mass is 9.92. The molecule has 0 saturated heterocycles. The second kappa shape index (κ2) is 7.31. The average Bonchev–Trinajstić information content (AvgIpc) is 2.73. The standard InChI is InChI=1S/C21H16F2N4O2/c1-27(11-28)21(24)26-19-15-9-12(14-3-2-8-25-20(14)23)4-6-17(15)29-18-7-5-13(22)10-16(18)19/h2-11,19H,1H3,(H2,24,26). The van der Waals surface area contributed by atoms with Crippen molar-refractivity contribution in [1.29, 1.82) is 0 Å². The fourth-order valence-corrected chi connectivity index (χ4v) is 3.15. The molecule has 0 radical (unpaired) electrons. The summed E-state index contributed by atoms with van der Waals surface area (Å²) >= 11 is 0. The van der Waals surface area contributed by atoms with E-state index < -0.39 is 17.8 Å². The van der Waals surface area contributed by atoms with Gasteiger partial charge in [0.25, 0.3) is 0 Å². The van der Waals surface area contributed by atoms with E-state index in [4.69, 9.17) is 10.5 Å². The summed E-state index contributed by atoms with van der Waals surface area (Å²) in [4.78, 5) is 20.2. The van der Waals surface area contributed by atoms with Crippen molar-refractivity contribution in [3.8, 4) is 22.6 Å². The van der Waals surface area contributed by atoms with Crippen LogP contribution in [-0.2, 0) is 4.79 Å². The van der Waals surface area contributed by atoms with Crippen LogP contribution in [0.4, 0.5) is 8.78 Å². The largest absolute Gasteiger partial charge is 0.457 e. The molecule has 2 heterocycles. The second-order valence-corrected chi connectivity index (χ2v) is 6.48. The molecule has 1 atom stereocenters. The van der Waals surface area contributed by atoms with E-state index in [-0.39, 0.29) is 5.96 Å². The summed E-state index contributed by atoms with van der Waals surface area (Å²) in [5.74, 6) is -0.225. The Morgan fingerprint density at radius 1 is 1.17 bits per heavy atom. The first-order chi connectivity index (χ1) is 14.0. The molecule has 1 aliphatic rings. The van der Waals surface area contributed by atoms with Gasteiger partial charge in [0.15, 0.2) is 5.96 Å². The number of aliphatic imine (C=N–C) groups is 1. The maximum absolute atomic E-state index is 14.2. The van der Waals surface area contributed by atoms with E-state index in [0.717, 1.165) is 4.90 Å². The maximum atomic E-state index is 14.2. The number of pyridine rings is 1. The first-order valence-corrected chi connectivity index (χ1v) is 8.71. The van der Waals surface area contributed by atoms with Crippen molar-refractivity contribution < 1.29 is 18.3 Å². The molecule has 1 aliphatic heterocycles.